The lowest BCUT2D eigenvalue weighted by atomic mass is 9.83. The molecule has 0 aromatic heterocycles. The maximum Gasteiger partial charge on any atom is 0.173 e. The lowest BCUT2D eigenvalue weighted by Crippen LogP contribution is -2.27. The molecule has 0 radical (unpaired) electrons. The van der Waals surface area contributed by atoms with Crippen molar-refractivity contribution in [2.75, 3.05) is 0 Å². The first-order chi connectivity index (χ1) is 7.68. The summed E-state index contributed by atoms with van der Waals surface area (Å²) in [5, 5.41) is 0. The van der Waals surface area contributed by atoms with E-state index in [-0.39, 0.29) is 11.6 Å². The van der Waals surface area contributed by atoms with Crippen LogP contribution >= 0.6 is 15.9 Å². The monoisotopic (exact) mass is 280 g/mol. The molecule has 1 atom stereocenters. The summed E-state index contributed by atoms with van der Waals surface area (Å²) in [6.45, 7) is 0. The minimum atomic E-state index is -0.394. The molecule has 0 heterocycles. The van der Waals surface area contributed by atoms with Gasteiger partial charge in [0.1, 0.15) is 5.78 Å². The minimum absolute atomic E-state index is 0.0165. The molecule has 16 heavy (non-hydrogen) atoms. The summed E-state index contributed by atoms with van der Waals surface area (Å²) < 4.78 is 0.944. The molecule has 1 unspecified atom stereocenters. The van der Waals surface area contributed by atoms with Crippen molar-refractivity contribution >= 4 is 27.5 Å². The molecule has 1 aromatic rings. The Hall–Kier alpha value is -0.960. The van der Waals surface area contributed by atoms with Gasteiger partial charge >= 0.3 is 0 Å². The van der Waals surface area contributed by atoms with Gasteiger partial charge in [0.2, 0.25) is 0 Å². The predicted molar refractivity (Wildman–Crippen MR) is 65.4 cm³/mol. The summed E-state index contributed by atoms with van der Waals surface area (Å²) in [5.41, 5.74) is 0.642. The second kappa shape index (κ2) is 4.91. The topological polar surface area (TPSA) is 34.1 Å². The van der Waals surface area contributed by atoms with E-state index in [1.54, 1.807) is 12.1 Å². The number of rotatable bonds is 2. The zero-order valence-electron chi connectivity index (χ0n) is 8.91. The number of benzene rings is 1. The van der Waals surface area contributed by atoms with Crippen molar-refractivity contribution in [3.05, 3.63) is 34.3 Å². The Morgan fingerprint density at radius 2 is 1.88 bits per heavy atom. The fourth-order valence-corrected chi connectivity index (χ4v) is 2.34. The molecule has 1 fully saturated rings. The van der Waals surface area contributed by atoms with Crippen molar-refractivity contribution in [3.8, 4) is 0 Å². The van der Waals surface area contributed by atoms with Crippen LogP contribution in [0, 0.1) is 5.92 Å². The summed E-state index contributed by atoms with van der Waals surface area (Å²) >= 11 is 3.32. The van der Waals surface area contributed by atoms with Crippen LogP contribution in [0.4, 0.5) is 0 Å². The molecule has 0 bridgehead atoms. The van der Waals surface area contributed by atoms with Crippen LogP contribution in [0.15, 0.2) is 28.7 Å². The Balaban J connectivity index is 2.17. The quantitative estimate of drug-likeness (QED) is 0.615. The van der Waals surface area contributed by atoms with Crippen molar-refractivity contribution in [3.63, 3.8) is 0 Å². The Morgan fingerprint density at radius 3 is 2.50 bits per heavy atom. The van der Waals surface area contributed by atoms with Gasteiger partial charge in [-0.05, 0) is 25.0 Å². The highest BCUT2D eigenvalue weighted by molar-refractivity contribution is 9.10. The van der Waals surface area contributed by atoms with Crippen LogP contribution in [-0.4, -0.2) is 11.6 Å². The van der Waals surface area contributed by atoms with E-state index in [0.29, 0.717) is 18.4 Å². The van der Waals surface area contributed by atoms with Gasteiger partial charge in [-0.1, -0.05) is 34.5 Å². The normalized spacial score (nSPS) is 20.8. The summed E-state index contributed by atoms with van der Waals surface area (Å²) in [6, 6.07) is 7.21. The number of Topliss-reactive ketones (excluding diaryl/α,β-unsaturated/α-hetero) is 2. The van der Waals surface area contributed by atoms with Crippen LogP contribution in [-0.2, 0) is 4.79 Å². The average Bonchev–Trinajstić information content (AvgIpc) is 2.30. The molecule has 0 N–H and O–H groups in total. The van der Waals surface area contributed by atoms with Crippen molar-refractivity contribution in [2.45, 2.75) is 25.7 Å². The van der Waals surface area contributed by atoms with E-state index in [1.165, 1.54) is 0 Å². The Bertz CT molecular complexity index is 408. The van der Waals surface area contributed by atoms with Crippen LogP contribution in [0.1, 0.15) is 36.0 Å². The second-order valence-electron chi connectivity index (χ2n) is 4.14. The van der Waals surface area contributed by atoms with Crippen molar-refractivity contribution in [1.82, 2.24) is 0 Å². The number of carbonyl (C=O) groups excluding carboxylic acids is 2. The predicted octanol–water partition coefficient (Wildman–Crippen LogP) is 3.39. The summed E-state index contributed by atoms with van der Waals surface area (Å²) in [4.78, 5) is 23.7. The molecule has 0 aliphatic heterocycles. The smallest absolute Gasteiger partial charge is 0.173 e. The maximum absolute atomic E-state index is 12.1. The zero-order valence-corrected chi connectivity index (χ0v) is 10.5. The van der Waals surface area contributed by atoms with Gasteiger partial charge in [-0.25, -0.2) is 0 Å². The summed E-state index contributed by atoms with van der Waals surface area (Å²) in [5.74, 6) is -0.300. The fourth-order valence-electron chi connectivity index (χ4n) is 2.08. The van der Waals surface area contributed by atoms with E-state index in [2.05, 4.69) is 15.9 Å². The van der Waals surface area contributed by atoms with Crippen LogP contribution in [0.3, 0.4) is 0 Å². The van der Waals surface area contributed by atoms with Gasteiger partial charge in [0, 0.05) is 16.5 Å². The SMILES string of the molecule is O=C1CCCCC1C(=O)c1ccc(Br)cc1. The highest BCUT2D eigenvalue weighted by Gasteiger charge is 2.29. The molecule has 1 aliphatic rings. The third kappa shape index (κ3) is 2.40. The van der Waals surface area contributed by atoms with E-state index >= 15 is 0 Å². The number of carbonyl (C=O) groups is 2. The van der Waals surface area contributed by atoms with Crippen molar-refractivity contribution < 1.29 is 9.59 Å². The zero-order chi connectivity index (χ0) is 11.5. The number of halogens is 1. The first-order valence-electron chi connectivity index (χ1n) is 5.51. The third-order valence-electron chi connectivity index (χ3n) is 3.00. The van der Waals surface area contributed by atoms with Gasteiger partial charge in [0.25, 0.3) is 0 Å². The standard InChI is InChI=1S/C13H13BrO2/c14-10-7-5-9(6-8-10)13(16)11-3-1-2-4-12(11)15/h5-8,11H,1-4H2. The van der Waals surface area contributed by atoms with E-state index < -0.39 is 5.92 Å². The number of ketones is 2. The molecule has 2 nitrogen and oxygen atoms in total. The van der Waals surface area contributed by atoms with Gasteiger partial charge in [-0.2, -0.15) is 0 Å². The Labute approximate surface area is 103 Å². The molecule has 3 heteroatoms. The molecule has 1 aliphatic carbocycles. The summed E-state index contributed by atoms with van der Waals surface area (Å²) in [7, 11) is 0. The van der Waals surface area contributed by atoms with E-state index in [0.717, 1.165) is 17.3 Å². The van der Waals surface area contributed by atoms with Crippen LogP contribution in [0.25, 0.3) is 0 Å². The fraction of sp³-hybridized carbons (Fsp3) is 0.385. The van der Waals surface area contributed by atoms with E-state index in [9.17, 15) is 9.59 Å². The van der Waals surface area contributed by atoms with Gasteiger partial charge in [-0.15, -0.1) is 0 Å². The Morgan fingerprint density at radius 1 is 1.19 bits per heavy atom. The first-order valence-corrected chi connectivity index (χ1v) is 6.30. The second-order valence-corrected chi connectivity index (χ2v) is 5.05. The van der Waals surface area contributed by atoms with Crippen molar-refractivity contribution in [2.24, 2.45) is 5.92 Å². The van der Waals surface area contributed by atoms with Gasteiger partial charge < -0.3 is 0 Å². The van der Waals surface area contributed by atoms with Crippen molar-refractivity contribution in [1.29, 1.82) is 0 Å². The average molecular weight is 281 g/mol. The minimum Gasteiger partial charge on any atom is -0.299 e. The van der Waals surface area contributed by atoms with Crippen LogP contribution < -0.4 is 0 Å². The van der Waals surface area contributed by atoms with Gasteiger partial charge in [0.05, 0.1) is 5.92 Å². The first kappa shape index (κ1) is 11.5. The van der Waals surface area contributed by atoms with Crippen LogP contribution in [0.5, 0.6) is 0 Å². The lowest BCUT2D eigenvalue weighted by molar-refractivity contribution is -0.122. The molecule has 2 rings (SSSR count). The largest absolute Gasteiger partial charge is 0.299 e. The maximum atomic E-state index is 12.1. The molecular weight excluding hydrogens is 268 g/mol. The molecule has 0 spiro atoms. The van der Waals surface area contributed by atoms with Gasteiger partial charge in [-0.3, -0.25) is 9.59 Å². The number of hydrogen-bond donors (Lipinski definition) is 0. The molecule has 1 aromatic carbocycles. The van der Waals surface area contributed by atoms with E-state index in [1.807, 2.05) is 12.1 Å². The summed E-state index contributed by atoms with van der Waals surface area (Å²) in [6.07, 6.45) is 3.20. The number of hydrogen-bond acceptors (Lipinski definition) is 2. The van der Waals surface area contributed by atoms with Crippen LogP contribution in [0.2, 0.25) is 0 Å². The highest BCUT2D eigenvalue weighted by Crippen LogP contribution is 2.24. The lowest BCUT2D eigenvalue weighted by Gasteiger charge is -2.19. The molecule has 0 amide bonds. The Kier molecular flexibility index (Phi) is 3.54. The molecular formula is C13H13BrO2. The van der Waals surface area contributed by atoms with Gasteiger partial charge in [0.15, 0.2) is 5.78 Å². The molecule has 1 saturated carbocycles. The molecule has 0 saturated heterocycles. The highest BCUT2D eigenvalue weighted by atomic mass is 79.9. The third-order valence-corrected chi connectivity index (χ3v) is 3.53. The molecule has 84 valence electrons. The van der Waals surface area contributed by atoms with E-state index in [4.69, 9.17) is 0 Å².